The molecule has 2 aromatic carbocycles. The van der Waals surface area contributed by atoms with E-state index >= 15 is 0 Å². The molecule has 5 rings (SSSR count). The van der Waals surface area contributed by atoms with Crippen molar-refractivity contribution >= 4 is 29.1 Å². The number of amides is 1. The molecule has 1 amide bonds. The van der Waals surface area contributed by atoms with Crippen LogP contribution in [0.2, 0.25) is 5.02 Å². The van der Waals surface area contributed by atoms with Crippen molar-refractivity contribution in [2.75, 3.05) is 10.6 Å². The van der Waals surface area contributed by atoms with Crippen LogP contribution in [0, 0.1) is 5.82 Å². The van der Waals surface area contributed by atoms with Crippen molar-refractivity contribution in [1.29, 1.82) is 0 Å². The number of rotatable bonds is 4. The standard InChI is InChI=1S/C24H18ClFN6O/c1-14-20(23(33)29-19-6-3-11-27-13-19)21(15-7-9-18(26)10-8-15)32-24(28-14)30-22(31-32)16-4-2-5-17(25)12-16/h2-13,21H,1H3,(H,29,33)(H,28,30,31). The maximum Gasteiger partial charge on any atom is 0.255 e. The van der Waals surface area contributed by atoms with Crippen LogP contribution >= 0.6 is 11.6 Å². The van der Waals surface area contributed by atoms with Crippen molar-refractivity contribution in [1.82, 2.24) is 19.7 Å². The molecular formula is C24H18ClFN6O. The third-order valence-corrected chi connectivity index (χ3v) is 5.52. The van der Waals surface area contributed by atoms with E-state index in [-0.39, 0.29) is 11.7 Å². The molecule has 1 aliphatic rings. The summed E-state index contributed by atoms with van der Waals surface area (Å²) in [5, 5.41) is 11.3. The highest BCUT2D eigenvalue weighted by Gasteiger charge is 2.34. The molecule has 2 N–H and O–H groups in total. The molecule has 4 aromatic rings. The summed E-state index contributed by atoms with van der Waals surface area (Å²) in [7, 11) is 0. The predicted molar refractivity (Wildman–Crippen MR) is 124 cm³/mol. The van der Waals surface area contributed by atoms with Gasteiger partial charge in [0.25, 0.3) is 5.91 Å². The molecule has 33 heavy (non-hydrogen) atoms. The first-order valence-corrected chi connectivity index (χ1v) is 10.5. The number of allylic oxidation sites excluding steroid dienone is 1. The number of fused-ring (bicyclic) bond motifs is 1. The smallest absolute Gasteiger partial charge is 0.255 e. The van der Waals surface area contributed by atoms with Gasteiger partial charge in [-0.05, 0) is 48.9 Å². The zero-order chi connectivity index (χ0) is 22.9. The number of halogens is 2. The van der Waals surface area contributed by atoms with E-state index in [1.165, 1.54) is 12.1 Å². The summed E-state index contributed by atoms with van der Waals surface area (Å²) in [4.78, 5) is 22.0. The molecule has 0 aliphatic carbocycles. The van der Waals surface area contributed by atoms with Gasteiger partial charge in [0, 0.05) is 22.5 Å². The Labute approximate surface area is 194 Å². The molecule has 0 saturated heterocycles. The molecule has 0 radical (unpaired) electrons. The highest BCUT2D eigenvalue weighted by atomic mass is 35.5. The van der Waals surface area contributed by atoms with E-state index in [2.05, 4.69) is 25.7 Å². The average Bonchev–Trinajstić information content (AvgIpc) is 3.23. The van der Waals surface area contributed by atoms with E-state index < -0.39 is 6.04 Å². The van der Waals surface area contributed by atoms with Crippen molar-refractivity contribution in [3.8, 4) is 11.4 Å². The number of hydrogen-bond donors (Lipinski definition) is 2. The largest absolute Gasteiger partial charge is 0.328 e. The molecule has 0 saturated carbocycles. The van der Waals surface area contributed by atoms with Gasteiger partial charge in [-0.1, -0.05) is 35.9 Å². The summed E-state index contributed by atoms with van der Waals surface area (Å²) in [6, 6.07) is 16.1. The fourth-order valence-corrected chi connectivity index (χ4v) is 3.97. The molecule has 2 aromatic heterocycles. The van der Waals surface area contributed by atoms with E-state index in [0.717, 1.165) is 5.56 Å². The van der Waals surface area contributed by atoms with E-state index in [1.54, 1.807) is 60.4 Å². The van der Waals surface area contributed by atoms with Gasteiger partial charge in [-0.2, -0.15) is 4.98 Å². The van der Waals surface area contributed by atoms with Crippen LogP contribution in [0.4, 0.5) is 16.0 Å². The molecular weight excluding hydrogens is 443 g/mol. The van der Waals surface area contributed by atoms with Crippen LogP contribution in [0.5, 0.6) is 0 Å². The molecule has 9 heteroatoms. The summed E-state index contributed by atoms with van der Waals surface area (Å²) < 4.78 is 15.3. The van der Waals surface area contributed by atoms with E-state index in [1.807, 2.05) is 12.1 Å². The lowest BCUT2D eigenvalue weighted by atomic mass is 9.95. The van der Waals surface area contributed by atoms with Gasteiger partial charge >= 0.3 is 0 Å². The number of carbonyl (C=O) groups excluding carboxylic acids is 1. The third kappa shape index (κ3) is 4.08. The number of nitrogens with one attached hydrogen (secondary N) is 2. The van der Waals surface area contributed by atoms with Crippen LogP contribution in [0.15, 0.2) is 84.3 Å². The lowest BCUT2D eigenvalue weighted by molar-refractivity contribution is -0.113. The summed E-state index contributed by atoms with van der Waals surface area (Å²) in [6.07, 6.45) is 3.19. The highest BCUT2D eigenvalue weighted by molar-refractivity contribution is 6.30. The monoisotopic (exact) mass is 460 g/mol. The fourth-order valence-electron chi connectivity index (χ4n) is 3.78. The van der Waals surface area contributed by atoms with Crippen molar-refractivity contribution in [2.24, 2.45) is 0 Å². The second-order valence-corrected chi connectivity index (χ2v) is 7.96. The molecule has 164 valence electrons. The Morgan fingerprint density at radius 2 is 1.97 bits per heavy atom. The molecule has 0 fully saturated rings. The van der Waals surface area contributed by atoms with Crippen molar-refractivity contribution in [3.63, 3.8) is 0 Å². The summed E-state index contributed by atoms with van der Waals surface area (Å²) >= 11 is 6.15. The number of benzene rings is 2. The van der Waals surface area contributed by atoms with Gasteiger partial charge in [0.1, 0.15) is 11.9 Å². The van der Waals surface area contributed by atoms with Gasteiger partial charge in [0.15, 0.2) is 5.82 Å². The normalized spacial score (nSPS) is 15.1. The van der Waals surface area contributed by atoms with Gasteiger partial charge in [-0.3, -0.25) is 9.78 Å². The molecule has 0 bridgehead atoms. The minimum absolute atomic E-state index is 0.326. The Morgan fingerprint density at radius 1 is 1.15 bits per heavy atom. The third-order valence-electron chi connectivity index (χ3n) is 5.29. The second-order valence-electron chi connectivity index (χ2n) is 7.53. The molecule has 1 unspecified atom stereocenters. The Balaban J connectivity index is 1.61. The van der Waals surface area contributed by atoms with Crippen LogP contribution in [-0.4, -0.2) is 25.7 Å². The molecule has 1 aliphatic heterocycles. The van der Waals surface area contributed by atoms with E-state index in [4.69, 9.17) is 11.6 Å². The van der Waals surface area contributed by atoms with Crippen LogP contribution < -0.4 is 10.6 Å². The molecule has 0 spiro atoms. The lowest BCUT2D eigenvalue weighted by Crippen LogP contribution is -2.31. The number of hydrogen-bond acceptors (Lipinski definition) is 5. The minimum atomic E-state index is -0.626. The van der Waals surface area contributed by atoms with Crippen molar-refractivity contribution in [2.45, 2.75) is 13.0 Å². The van der Waals surface area contributed by atoms with Gasteiger partial charge in [0.2, 0.25) is 5.95 Å². The highest BCUT2D eigenvalue weighted by Crippen LogP contribution is 2.37. The van der Waals surface area contributed by atoms with E-state index in [9.17, 15) is 9.18 Å². The Morgan fingerprint density at radius 3 is 2.70 bits per heavy atom. The number of aromatic nitrogens is 4. The minimum Gasteiger partial charge on any atom is -0.328 e. The summed E-state index contributed by atoms with van der Waals surface area (Å²) in [5.41, 5.74) is 3.04. The maximum atomic E-state index is 13.7. The molecule has 7 nitrogen and oxygen atoms in total. The zero-order valence-corrected chi connectivity index (χ0v) is 18.2. The van der Waals surface area contributed by atoms with Crippen LogP contribution in [-0.2, 0) is 4.79 Å². The Kier molecular flexibility index (Phi) is 5.35. The number of nitrogens with zero attached hydrogens (tertiary/aromatic N) is 4. The fraction of sp³-hybridized carbons (Fsp3) is 0.0833. The van der Waals surface area contributed by atoms with E-state index in [0.29, 0.717) is 39.3 Å². The number of carbonyl (C=O) groups is 1. The SMILES string of the molecule is CC1=C(C(=O)Nc2cccnc2)C(c2ccc(F)cc2)n2nc(-c3cccc(Cl)c3)nc2N1. The Bertz CT molecular complexity index is 1370. The summed E-state index contributed by atoms with van der Waals surface area (Å²) in [5.74, 6) is 0.226. The topological polar surface area (TPSA) is 84.7 Å². The first-order chi connectivity index (χ1) is 16.0. The number of pyridine rings is 1. The molecule has 3 heterocycles. The second kappa shape index (κ2) is 8.48. The zero-order valence-electron chi connectivity index (χ0n) is 17.5. The number of anilines is 2. The van der Waals surface area contributed by atoms with Crippen LogP contribution in [0.3, 0.4) is 0 Å². The quantitative estimate of drug-likeness (QED) is 0.444. The summed E-state index contributed by atoms with van der Waals surface area (Å²) in [6.45, 7) is 1.80. The van der Waals surface area contributed by atoms with Crippen molar-refractivity contribution in [3.05, 3.63) is 101 Å². The van der Waals surface area contributed by atoms with Crippen LogP contribution in [0.25, 0.3) is 11.4 Å². The van der Waals surface area contributed by atoms with Gasteiger partial charge in [-0.25, -0.2) is 9.07 Å². The van der Waals surface area contributed by atoms with Gasteiger partial charge in [0.05, 0.1) is 17.5 Å². The lowest BCUT2D eigenvalue weighted by Gasteiger charge is -2.28. The predicted octanol–water partition coefficient (Wildman–Crippen LogP) is 5.06. The van der Waals surface area contributed by atoms with Gasteiger partial charge < -0.3 is 10.6 Å². The van der Waals surface area contributed by atoms with Crippen molar-refractivity contribution < 1.29 is 9.18 Å². The molecule has 1 atom stereocenters. The average molecular weight is 461 g/mol. The first-order valence-electron chi connectivity index (χ1n) is 10.2. The first kappa shape index (κ1) is 20.8. The van der Waals surface area contributed by atoms with Gasteiger partial charge in [-0.15, -0.1) is 5.10 Å². The Hall–Kier alpha value is -4.04. The maximum absolute atomic E-state index is 13.7. The van der Waals surface area contributed by atoms with Crippen LogP contribution in [0.1, 0.15) is 18.5 Å².